The van der Waals surface area contributed by atoms with E-state index in [4.69, 9.17) is 15.3 Å². The maximum Gasteiger partial charge on any atom is 0.275 e. The van der Waals surface area contributed by atoms with Crippen LogP contribution in [0.1, 0.15) is 17.5 Å². The molecule has 0 heterocycles. The lowest BCUT2D eigenvalue weighted by Gasteiger charge is -2.09. The third-order valence-electron chi connectivity index (χ3n) is 3.92. The summed E-state index contributed by atoms with van der Waals surface area (Å²) in [7, 11) is 0. The molecule has 0 saturated heterocycles. The Morgan fingerprint density at radius 1 is 1.12 bits per heavy atom. The van der Waals surface area contributed by atoms with Gasteiger partial charge in [0.05, 0.1) is 16.7 Å². The average molecular weight is 347 g/mol. The van der Waals surface area contributed by atoms with Gasteiger partial charge in [-0.25, -0.2) is 0 Å². The van der Waals surface area contributed by atoms with Crippen LogP contribution in [0.3, 0.4) is 0 Å². The van der Waals surface area contributed by atoms with E-state index in [1.165, 1.54) is 29.3 Å². The molecular weight excluding hydrogens is 334 g/mol. The fourth-order valence-corrected chi connectivity index (χ4v) is 2.76. The van der Waals surface area contributed by atoms with Crippen molar-refractivity contribution in [2.24, 2.45) is 5.10 Å². The monoisotopic (exact) mass is 347 g/mol. The summed E-state index contributed by atoms with van der Waals surface area (Å²) in [6, 6.07) is 13.0. The van der Waals surface area contributed by atoms with Crippen molar-refractivity contribution in [1.82, 2.24) is 0 Å². The number of benzene rings is 2. The number of nitro benzene ring substituents is 1. The lowest BCUT2D eigenvalue weighted by Crippen LogP contribution is -1.98. The molecule has 0 amide bonds. The van der Waals surface area contributed by atoms with E-state index in [-0.39, 0.29) is 17.1 Å². The molecule has 0 radical (unpaired) electrons. The van der Waals surface area contributed by atoms with E-state index >= 15 is 0 Å². The van der Waals surface area contributed by atoms with Crippen LogP contribution in [0.4, 0.5) is 11.4 Å². The van der Waals surface area contributed by atoms with Gasteiger partial charge in [-0.15, -0.1) is 0 Å². The SMILES string of the molecule is N#CC(C#N)=NNc1cc(Oc2ccc3c(c2)CCC3)cc([N+](=O)[O-])c1. The highest BCUT2D eigenvalue weighted by Crippen LogP contribution is 2.32. The van der Waals surface area contributed by atoms with Crippen molar-refractivity contribution in [2.75, 3.05) is 5.43 Å². The molecule has 0 spiro atoms. The van der Waals surface area contributed by atoms with Crippen LogP contribution in [0.5, 0.6) is 11.5 Å². The second-order valence-electron chi connectivity index (χ2n) is 5.65. The molecule has 0 aliphatic heterocycles. The van der Waals surface area contributed by atoms with Crippen LogP contribution in [-0.4, -0.2) is 10.6 Å². The first kappa shape index (κ1) is 16.9. The van der Waals surface area contributed by atoms with Gasteiger partial charge < -0.3 is 4.74 Å². The van der Waals surface area contributed by atoms with E-state index in [9.17, 15) is 10.1 Å². The number of nitriles is 2. The zero-order chi connectivity index (χ0) is 18.5. The standard InChI is InChI=1S/C18H13N5O3/c19-10-15(11-20)22-21-14-7-16(23(24)25)9-18(8-14)26-17-5-4-12-2-1-3-13(12)6-17/h4-9,21H,1-3H2. The quantitative estimate of drug-likeness (QED) is 0.499. The average Bonchev–Trinajstić information content (AvgIpc) is 3.10. The predicted octanol–water partition coefficient (Wildman–Crippen LogP) is 3.69. The summed E-state index contributed by atoms with van der Waals surface area (Å²) < 4.78 is 5.77. The van der Waals surface area contributed by atoms with Crippen molar-refractivity contribution in [3.63, 3.8) is 0 Å². The topological polar surface area (TPSA) is 124 Å². The Morgan fingerprint density at radius 3 is 2.62 bits per heavy atom. The Bertz CT molecular complexity index is 969. The molecule has 8 nitrogen and oxygen atoms in total. The number of hydrogen-bond acceptors (Lipinski definition) is 7. The Labute approximate surface area is 149 Å². The Kier molecular flexibility index (Phi) is 4.77. The molecule has 2 aromatic carbocycles. The van der Waals surface area contributed by atoms with Crippen molar-refractivity contribution in [2.45, 2.75) is 19.3 Å². The van der Waals surface area contributed by atoms with Crippen molar-refractivity contribution in [3.8, 4) is 23.6 Å². The molecule has 0 fully saturated rings. The summed E-state index contributed by atoms with van der Waals surface area (Å²) in [5.74, 6) is 0.848. The highest BCUT2D eigenvalue weighted by atomic mass is 16.6. The fourth-order valence-electron chi connectivity index (χ4n) is 2.76. The molecule has 0 bridgehead atoms. The van der Waals surface area contributed by atoms with E-state index in [0.29, 0.717) is 5.75 Å². The van der Waals surface area contributed by atoms with Gasteiger partial charge in [-0.05, 0) is 42.5 Å². The fraction of sp³-hybridized carbons (Fsp3) is 0.167. The van der Waals surface area contributed by atoms with Crippen LogP contribution in [0.15, 0.2) is 41.5 Å². The third kappa shape index (κ3) is 3.77. The van der Waals surface area contributed by atoms with Crippen molar-refractivity contribution >= 4 is 17.1 Å². The van der Waals surface area contributed by atoms with Crippen molar-refractivity contribution in [1.29, 1.82) is 10.5 Å². The first-order valence-electron chi connectivity index (χ1n) is 7.82. The van der Waals surface area contributed by atoms with Crippen LogP contribution in [0, 0.1) is 32.8 Å². The Morgan fingerprint density at radius 2 is 1.88 bits per heavy atom. The summed E-state index contributed by atoms with van der Waals surface area (Å²) in [4.78, 5) is 10.6. The van der Waals surface area contributed by atoms with E-state index < -0.39 is 10.6 Å². The number of aryl methyl sites for hydroxylation is 2. The predicted molar refractivity (Wildman–Crippen MR) is 93.9 cm³/mol. The second kappa shape index (κ2) is 7.32. The summed E-state index contributed by atoms with van der Waals surface area (Å²) in [6.07, 6.45) is 3.16. The molecule has 3 rings (SSSR count). The van der Waals surface area contributed by atoms with E-state index in [0.717, 1.165) is 19.3 Å². The van der Waals surface area contributed by atoms with Crippen LogP contribution in [-0.2, 0) is 12.8 Å². The van der Waals surface area contributed by atoms with Crippen molar-refractivity contribution in [3.05, 3.63) is 57.6 Å². The Balaban J connectivity index is 1.89. The number of rotatable bonds is 5. The van der Waals surface area contributed by atoms with Crippen LogP contribution in [0.25, 0.3) is 0 Å². The largest absolute Gasteiger partial charge is 0.457 e. The molecule has 1 N–H and O–H groups in total. The van der Waals surface area contributed by atoms with Gasteiger partial charge in [-0.3, -0.25) is 15.5 Å². The van der Waals surface area contributed by atoms with Crippen molar-refractivity contribution < 1.29 is 9.66 Å². The van der Waals surface area contributed by atoms with Gasteiger partial charge in [0.15, 0.2) is 0 Å². The minimum Gasteiger partial charge on any atom is -0.457 e. The number of ether oxygens (including phenoxy) is 1. The minimum absolute atomic E-state index is 0.197. The zero-order valence-electron chi connectivity index (χ0n) is 13.6. The van der Waals surface area contributed by atoms with Gasteiger partial charge in [-0.1, -0.05) is 6.07 Å². The minimum atomic E-state index is -0.556. The van der Waals surface area contributed by atoms with Gasteiger partial charge in [0.2, 0.25) is 5.71 Å². The second-order valence-corrected chi connectivity index (χ2v) is 5.65. The van der Waals surface area contributed by atoms with Gasteiger partial charge in [-0.2, -0.15) is 15.6 Å². The lowest BCUT2D eigenvalue weighted by atomic mass is 10.1. The first-order valence-corrected chi connectivity index (χ1v) is 7.82. The molecule has 128 valence electrons. The number of hydrazone groups is 1. The molecule has 1 aliphatic rings. The summed E-state index contributed by atoms with van der Waals surface area (Å²) in [6.45, 7) is 0. The molecule has 1 aliphatic carbocycles. The van der Waals surface area contributed by atoms with Gasteiger partial charge >= 0.3 is 0 Å². The van der Waals surface area contributed by atoms with E-state index in [1.807, 2.05) is 18.2 Å². The lowest BCUT2D eigenvalue weighted by molar-refractivity contribution is -0.384. The molecule has 8 heteroatoms. The summed E-state index contributed by atoms with van der Waals surface area (Å²) in [5, 5.41) is 32.1. The Hall–Kier alpha value is -3.91. The molecular formula is C18H13N5O3. The van der Waals surface area contributed by atoms with Gasteiger partial charge in [0.25, 0.3) is 5.69 Å². The van der Waals surface area contributed by atoms with Gasteiger partial charge in [0.1, 0.15) is 23.6 Å². The van der Waals surface area contributed by atoms with E-state index in [2.05, 4.69) is 10.5 Å². The molecule has 0 unspecified atom stereocenters. The maximum absolute atomic E-state index is 11.1. The van der Waals surface area contributed by atoms with Crippen LogP contribution < -0.4 is 10.2 Å². The number of non-ortho nitro benzene ring substituents is 1. The molecule has 0 aromatic heterocycles. The smallest absolute Gasteiger partial charge is 0.275 e. The highest BCUT2D eigenvalue weighted by Gasteiger charge is 2.14. The number of hydrogen-bond donors (Lipinski definition) is 1. The maximum atomic E-state index is 11.1. The summed E-state index contributed by atoms with van der Waals surface area (Å²) >= 11 is 0. The zero-order valence-corrected chi connectivity index (χ0v) is 13.6. The number of nitrogens with zero attached hydrogens (tertiary/aromatic N) is 4. The number of nitrogens with one attached hydrogen (secondary N) is 1. The molecule has 0 atom stereocenters. The highest BCUT2D eigenvalue weighted by molar-refractivity contribution is 6.10. The first-order chi connectivity index (χ1) is 12.6. The van der Waals surface area contributed by atoms with E-state index in [1.54, 1.807) is 12.1 Å². The number of anilines is 1. The normalized spacial score (nSPS) is 11.6. The molecule has 0 saturated carbocycles. The molecule has 2 aromatic rings. The summed E-state index contributed by atoms with van der Waals surface area (Å²) in [5.41, 5.74) is 4.64. The number of fused-ring (bicyclic) bond motifs is 1. The van der Waals surface area contributed by atoms with Crippen LogP contribution in [0.2, 0.25) is 0 Å². The van der Waals surface area contributed by atoms with Gasteiger partial charge in [0, 0.05) is 12.1 Å². The number of nitro groups is 1. The van der Waals surface area contributed by atoms with Crippen LogP contribution >= 0.6 is 0 Å². The third-order valence-corrected chi connectivity index (χ3v) is 3.92. The molecule has 26 heavy (non-hydrogen) atoms.